The maximum Gasteiger partial charge on any atom is 0.0146 e. The van der Waals surface area contributed by atoms with Crippen LogP contribution in [-0.4, -0.2) is 0 Å². The van der Waals surface area contributed by atoms with Crippen LogP contribution in [0.1, 0.15) is 51.3 Å². The van der Waals surface area contributed by atoms with Crippen molar-refractivity contribution in [1.29, 1.82) is 0 Å². The highest BCUT2D eigenvalue weighted by Crippen LogP contribution is 2.32. The van der Waals surface area contributed by atoms with Crippen LogP contribution >= 0.6 is 0 Å². The minimum absolute atomic E-state index is 0.0532. The fourth-order valence-electron chi connectivity index (χ4n) is 2.41. The van der Waals surface area contributed by atoms with E-state index in [9.17, 15) is 0 Å². The van der Waals surface area contributed by atoms with E-state index >= 15 is 0 Å². The summed E-state index contributed by atoms with van der Waals surface area (Å²) in [6.45, 7) is 11.3. The first-order valence-electron chi connectivity index (χ1n) is 6.98. The summed E-state index contributed by atoms with van der Waals surface area (Å²) >= 11 is 0. The monoisotopic (exact) mass is 252 g/mol. The molecule has 0 atom stereocenters. The first kappa shape index (κ1) is 13.9. The van der Waals surface area contributed by atoms with Gasteiger partial charge in [0.1, 0.15) is 0 Å². The molecule has 0 saturated carbocycles. The largest absolute Gasteiger partial charge is 0.0622 e. The minimum atomic E-state index is 0.0532. The van der Waals surface area contributed by atoms with Crippen LogP contribution in [-0.2, 0) is 10.8 Å². The highest BCUT2D eigenvalue weighted by Gasteiger charge is 2.23. The molecule has 0 aromatic heterocycles. The van der Waals surface area contributed by atoms with Crippen molar-refractivity contribution in [3.8, 4) is 0 Å². The van der Waals surface area contributed by atoms with E-state index in [1.807, 2.05) is 0 Å². The average molecular weight is 252 g/mol. The van der Waals surface area contributed by atoms with Crippen molar-refractivity contribution in [3.63, 3.8) is 0 Å². The van der Waals surface area contributed by atoms with Crippen LogP contribution in [0.2, 0.25) is 0 Å². The van der Waals surface area contributed by atoms with E-state index in [2.05, 4.69) is 89.2 Å². The fourth-order valence-corrected chi connectivity index (χ4v) is 2.41. The van der Waals surface area contributed by atoms with Crippen molar-refractivity contribution in [2.75, 3.05) is 0 Å². The summed E-state index contributed by atoms with van der Waals surface area (Å²) in [6, 6.07) is 19.8. The van der Waals surface area contributed by atoms with Crippen LogP contribution in [0.3, 0.4) is 0 Å². The van der Waals surface area contributed by atoms with Gasteiger partial charge in [-0.05, 0) is 22.1 Å². The SMILES string of the molecule is CC(C)(C)c1ccc(C(C)(C)c2ccccc2)cc1. The molecule has 100 valence electrons. The Morgan fingerprint density at radius 1 is 0.526 bits per heavy atom. The molecule has 0 unspecified atom stereocenters. The van der Waals surface area contributed by atoms with Gasteiger partial charge < -0.3 is 0 Å². The van der Waals surface area contributed by atoms with E-state index in [4.69, 9.17) is 0 Å². The Labute approximate surface area is 117 Å². The Morgan fingerprint density at radius 2 is 0.947 bits per heavy atom. The van der Waals surface area contributed by atoms with Gasteiger partial charge in [0, 0.05) is 5.41 Å². The van der Waals surface area contributed by atoms with E-state index < -0.39 is 0 Å². The summed E-state index contributed by atoms with van der Waals surface area (Å²) in [6.07, 6.45) is 0. The molecule has 0 spiro atoms. The molecule has 19 heavy (non-hydrogen) atoms. The molecule has 0 amide bonds. The van der Waals surface area contributed by atoms with Gasteiger partial charge in [-0.2, -0.15) is 0 Å². The molecular formula is C19H24. The lowest BCUT2D eigenvalue weighted by molar-refractivity contribution is 0.587. The lowest BCUT2D eigenvalue weighted by Crippen LogP contribution is -2.19. The highest BCUT2D eigenvalue weighted by molar-refractivity contribution is 5.39. The van der Waals surface area contributed by atoms with E-state index in [0.29, 0.717) is 0 Å². The van der Waals surface area contributed by atoms with Crippen LogP contribution in [0.5, 0.6) is 0 Å². The predicted octanol–water partition coefficient (Wildman–Crippen LogP) is 5.31. The van der Waals surface area contributed by atoms with E-state index in [0.717, 1.165) is 0 Å². The lowest BCUT2D eigenvalue weighted by atomic mass is 9.77. The molecule has 0 fully saturated rings. The van der Waals surface area contributed by atoms with Crippen molar-refractivity contribution in [1.82, 2.24) is 0 Å². The van der Waals surface area contributed by atoms with E-state index in [1.54, 1.807) is 0 Å². The Balaban J connectivity index is 2.37. The van der Waals surface area contributed by atoms with Gasteiger partial charge in [-0.1, -0.05) is 89.2 Å². The summed E-state index contributed by atoms with van der Waals surface area (Å²) in [5.74, 6) is 0. The second kappa shape index (κ2) is 4.85. The third kappa shape index (κ3) is 2.89. The van der Waals surface area contributed by atoms with Crippen molar-refractivity contribution < 1.29 is 0 Å². The fraction of sp³-hybridized carbons (Fsp3) is 0.368. The predicted molar refractivity (Wildman–Crippen MR) is 83.7 cm³/mol. The first-order chi connectivity index (χ1) is 8.82. The lowest BCUT2D eigenvalue weighted by Gasteiger charge is -2.27. The van der Waals surface area contributed by atoms with Gasteiger partial charge in [-0.15, -0.1) is 0 Å². The second-order valence-electron chi connectivity index (χ2n) is 6.82. The van der Waals surface area contributed by atoms with Crippen molar-refractivity contribution >= 4 is 0 Å². The summed E-state index contributed by atoms with van der Waals surface area (Å²) < 4.78 is 0. The zero-order chi connectivity index (χ0) is 14.1. The normalized spacial score (nSPS) is 12.5. The molecule has 2 aromatic rings. The topological polar surface area (TPSA) is 0 Å². The van der Waals surface area contributed by atoms with Crippen molar-refractivity contribution in [3.05, 3.63) is 71.3 Å². The van der Waals surface area contributed by atoms with Gasteiger partial charge in [-0.3, -0.25) is 0 Å². The van der Waals surface area contributed by atoms with Crippen LogP contribution in [0.25, 0.3) is 0 Å². The Bertz CT molecular complexity index is 525. The molecule has 0 heterocycles. The van der Waals surface area contributed by atoms with Gasteiger partial charge in [0.25, 0.3) is 0 Å². The van der Waals surface area contributed by atoms with Gasteiger partial charge in [0.2, 0.25) is 0 Å². The smallest absolute Gasteiger partial charge is 0.0146 e. The van der Waals surface area contributed by atoms with Crippen molar-refractivity contribution in [2.45, 2.75) is 45.4 Å². The second-order valence-corrected chi connectivity index (χ2v) is 6.82. The van der Waals surface area contributed by atoms with Gasteiger partial charge >= 0.3 is 0 Å². The summed E-state index contributed by atoms with van der Waals surface area (Å²) in [5.41, 5.74) is 4.39. The Hall–Kier alpha value is -1.56. The summed E-state index contributed by atoms with van der Waals surface area (Å²) in [5, 5.41) is 0. The van der Waals surface area contributed by atoms with Crippen LogP contribution in [0, 0.1) is 0 Å². The van der Waals surface area contributed by atoms with Gasteiger partial charge in [0.15, 0.2) is 0 Å². The standard InChI is InChI=1S/C19H24/c1-18(2,3)15-11-13-17(14-12-15)19(4,5)16-9-7-6-8-10-16/h6-14H,1-5H3. The Kier molecular flexibility index (Phi) is 3.54. The van der Waals surface area contributed by atoms with E-state index in [1.165, 1.54) is 16.7 Å². The molecule has 0 heteroatoms. The van der Waals surface area contributed by atoms with Crippen molar-refractivity contribution in [2.24, 2.45) is 0 Å². The quantitative estimate of drug-likeness (QED) is 0.679. The third-order valence-electron chi connectivity index (χ3n) is 3.97. The average Bonchev–Trinajstić information content (AvgIpc) is 2.39. The van der Waals surface area contributed by atoms with Crippen LogP contribution < -0.4 is 0 Å². The maximum atomic E-state index is 2.29. The number of benzene rings is 2. The van der Waals surface area contributed by atoms with Gasteiger partial charge in [-0.25, -0.2) is 0 Å². The molecule has 0 bridgehead atoms. The summed E-state index contributed by atoms with van der Waals surface area (Å²) in [4.78, 5) is 0. The maximum absolute atomic E-state index is 2.29. The highest BCUT2D eigenvalue weighted by atomic mass is 14.3. The molecule has 0 aliphatic heterocycles. The molecule has 0 nitrogen and oxygen atoms in total. The molecule has 0 aliphatic rings. The number of hydrogen-bond donors (Lipinski definition) is 0. The third-order valence-corrected chi connectivity index (χ3v) is 3.97. The van der Waals surface area contributed by atoms with Gasteiger partial charge in [0.05, 0.1) is 0 Å². The zero-order valence-electron chi connectivity index (χ0n) is 12.7. The number of hydrogen-bond acceptors (Lipinski definition) is 0. The van der Waals surface area contributed by atoms with Crippen LogP contribution in [0.15, 0.2) is 54.6 Å². The molecule has 0 saturated heterocycles. The molecule has 2 rings (SSSR count). The number of rotatable bonds is 2. The Morgan fingerprint density at radius 3 is 1.42 bits per heavy atom. The van der Waals surface area contributed by atoms with Crippen LogP contribution in [0.4, 0.5) is 0 Å². The minimum Gasteiger partial charge on any atom is -0.0622 e. The first-order valence-corrected chi connectivity index (χ1v) is 6.98. The molecule has 0 radical (unpaired) electrons. The molecule has 2 aromatic carbocycles. The van der Waals surface area contributed by atoms with E-state index in [-0.39, 0.29) is 10.8 Å². The molecule has 0 N–H and O–H groups in total. The molecular weight excluding hydrogens is 228 g/mol. The zero-order valence-corrected chi connectivity index (χ0v) is 12.7. The summed E-state index contributed by atoms with van der Waals surface area (Å²) in [7, 11) is 0. The molecule has 0 aliphatic carbocycles.